The van der Waals surface area contributed by atoms with Crippen molar-refractivity contribution < 1.29 is 4.42 Å². The van der Waals surface area contributed by atoms with E-state index in [1.807, 2.05) is 6.07 Å². The summed E-state index contributed by atoms with van der Waals surface area (Å²) in [6.45, 7) is 8.93. The molecule has 1 saturated heterocycles. The van der Waals surface area contributed by atoms with E-state index in [9.17, 15) is 0 Å². The molecule has 0 amide bonds. The lowest BCUT2D eigenvalue weighted by Crippen LogP contribution is -2.40. The molecule has 1 aromatic rings. The Kier molecular flexibility index (Phi) is 4.63. The third-order valence-corrected chi connectivity index (χ3v) is 3.66. The van der Waals surface area contributed by atoms with Gasteiger partial charge < -0.3 is 9.73 Å². The minimum absolute atomic E-state index is 0.677. The van der Waals surface area contributed by atoms with Crippen LogP contribution in [0.1, 0.15) is 32.4 Å². The number of piperidine rings is 1. The van der Waals surface area contributed by atoms with Crippen molar-refractivity contribution >= 4 is 0 Å². The second-order valence-electron chi connectivity index (χ2n) is 5.15. The Morgan fingerprint density at radius 1 is 1.53 bits per heavy atom. The number of nitrogens with one attached hydrogen (secondary N) is 1. The van der Waals surface area contributed by atoms with Gasteiger partial charge >= 0.3 is 0 Å². The van der Waals surface area contributed by atoms with Crippen molar-refractivity contribution in [3.8, 4) is 0 Å². The predicted molar refractivity (Wildman–Crippen MR) is 69.8 cm³/mol. The van der Waals surface area contributed by atoms with Crippen LogP contribution in [0.4, 0.5) is 0 Å². The summed E-state index contributed by atoms with van der Waals surface area (Å²) in [6.07, 6.45) is 4.36. The molecule has 0 radical (unpaired) electrons. The average Bonchev–Trinajstić information content (AvgIpc) is 2.81. The van der Waals surface area contributed by atoms with Gasteiger partial charge in [-0.15, -0.1) is 0 Å². The molecule has 1 aliphatic heterocycles. The standard InChI is InChI=1S/C14H24N2O/c1-3-16(11-14-5-4-8-17-14)10-13-6-7-15-12(2)9-13/h4-5,8,12-13,15H,3,6-7,9-11H2,1-2H3. The molecule has 17 heavy (non-hydrogen) atoms. The van der Waals surface area contributed by atoms with E-state index in [0.717, 1.165) is 24.8 Å². The van der Waals surface area contributed by atoms with Crippen molar-refractivity contribution in [3.63, 3.8) is 0 Å². The van der Waals surface area contributed by atoms with Crippen LogP contribution in [0, 0.1) is 5.92 Å². The summed E-state index contributed by atoms with van der Waals surface area (Å²) in [7, 11) is 0. The molecule has 96 valence electrons. The molecule has 0 saturated carbocycles. The van der Waals surface area contributed by atoms with E-state index in [1.54, 1.807) is 6.26 Å². The first-order valence-electron chi connectivity index (χ1n) is 6.76. The largest absolute Gasteiger partial charge is 0.468 e. The predicted octanol–water partition coefficient (Wildman–Crippen LogP) is 2.49. The maximum Gasteiger partial charge on any atom is 0.117 e. The summed E-state index contributed by atoms with van der Waals surface area (Å²) in [5.41, 5.74) is 0. The van der Waals surface area contributed by atoms with Gasteiger partial charge in [-0.05, 0) is 50.9 Å². The van der Waals surface area contributed by atoms with Crippen LogP contribution in [0.2, 0.25) is 0 Å². The Balaban J connectivity index is 1.82. The van der Waals surface area contributed by atoms with Gasteiger partial charge in [-0.1, -0.05) is 6.92 Å². The normalized spacial score (nSPS) is 25.4. The molecule has 1 fully saturated rings. The number of hydrogen-bond donors (Lipinski definition) is 1. The van der Waals surface area contributed by atoms with E-state index in [2.05, 4.69) is 30.1 Å². The first-order valence-corrected chi connectivity index (χ1v) is 6.76. The molecule has 1 N–H and O–H groups in total. The maximum absolute atomic E-state index is 5.42. The third kappa shape index (κ3) is 3.86. The molecule has 3 nitrogen and oxygen atoms in total. The van der Waals surface area contributed by atoms with E-state index in [4.69, 9.17) is 4.42 Å². The van der Waals surface area contributed by atoms with Gasteiger partial charge in [0.25, 0.3) is 0 Å². The van der Waals surface area contributed by atoms with Gasteiger partial charge in [0.1, 0.15) is 5.76 Å². The van der Waals surface area contributed by atoms with Crippen molar-refractivity contribution in [1.29, 1.82) is 0 Å². The molecule has 0 spiro atoms. The SMILES string of the molecule is CCN(Cc1ccco1)CC1CCNC(C)C1. The molecule has 1 aliphatic rings. The zero-order valence-electron chi connectivity index (χ0n) is 11.0. The Hall–Kier alpha value is -0.800. The van der Waals surface area contributed by atoms with Gasteiger partial charge in [-0.3, -0.25) is 4.90 Å². The van der Waals surface area contributed by atoms with Crippen LogP contribution < -0.4 is 5.32 Å². The molecule has 0 aromatic carbocycles. The Morgan fingerprint density at radius 2 is 2.41 bits per heavy atom. The van der Waals surface area contributed by atoms with E-state index < -0.39 is 0 Å². The maximum atomic E-state index is 5.42. The van der Waals surface area contributed by atoms with E-state index in [0.29, 0.717) is 6.04 Å². The van der Waals surface area contributed by atoms with Crippen molar-refractivity contribution in [2.75, 3.05) is 19.6 Å². The van der Waals surface area contributed by atoms with Crippen LogP contribution in [0.3, 0.4) is 0 Å². The highest BCUT2D eigenvalue weighted by atomic mass is 16.3. The monoisotopic (exact) mass is 236 g/mol. The second-order valence-corrected chi connectivity index (χ2v) is 5.15. The lowest BCUT2D eigenvalue weighted by Gasteiger charge is -2.32. The van der Waals surface area contributed by atoms with Crippen LogP contribution in [0.25, 0.3) is 0 Å². The molecule has 2 rings (SSSR count). The number of hydrogen-bond acceptors (Lipinski definition) is 3. The number of nitrogens with zero attached hydrogens (tertiary/aromatic N) is 1. The Morgan fingerprint density at radius 3 is 3.06 bits per heavy atom. The minimum Gasteiger partial charge on any atom is -0.468 e. The lowest BCUT2D eigenvalue weighted by atomic mass is 9.93. The molecule has 3 heteroatoms. The van der Waals surface area contributed by atoms with Gasteiger partial charge in [0, 0.05) is 12.6 Å². The molecular weight excluding hydrogens is 212 g/mol. The zero-order chi connectivity index (χ0) is 12.1. The highest BCUT2D eigenvalue weighted by Gasteiger charge is 2.20. The van der Waals surface area contributed by atoms with Crippen molar-refractivity contribution in [2.45, 2.75) is 39.3 Å². The van der Waals surface area contributed by atoms with Gasteiger partial charge in [-0.25, -0.2) is 0 Å². The molecule has 2 atom stereocenters. The fourth-order valence-corrected chi connectivity index (χ4v) is 2.69. The van der Waals surface area contributed by atoms with Crippen molar-refractivity contribution in [1.82, 2.24) is 10.2 Å². The number of rotatable bonds is 5. The molecule has 2 unspecified atom stereocenters. The van der Waals surface area contributed by atoms with Gasteiger partial charge in [-0.2, -0.15) is 0 Å². The quantitative estimate of drug-likeness (QED) is 0.851. The summed E-state index contributed by atoms with van der Waals surface area (Å²) in [4.78, 5) is 2.49. The van der Waals surface area contributed by atoms with Gasteiger partial charge in [0.15, 0.2) is 0 Å². The molecule has 2 heterocycles. The fourth-order valence-electron chi connectivity index (χ4n) is 2.69. The van der Waals surface area contributed by atoms with Crippen LogP contribution >= 0.6 is 0 Å². The third-order valence-electron chi connectivity index (χ3n) is 3.66. The first kappa shape index (κ1) is 12.7. The van der Waals surface area contributed by atoms with Crippen molar-refractivity contribution in [2.24, 2.45) is 5.92 Å². The molecule has 1 aromatic heterocycles. The molecule has 0 bridgehead atoms. The minimum atomic E-state index is 0.677. The first-order chi connectivity index (χ1) is 8.28. The van der Waals surface area contributed by atoms with Crippen LogP contribution in [0.15, 0.2) is 22.8 Å². The topological polar surface area (TPSA) is 28.4 Å². The van der Waals surface area contributed by atoms with E-state index >= 15 is 0 Å². The summed E-state index contributed by atoms with van der Waals surface area (Å²) in [5, 5.41) is 3.51. The van der Waals surface area contributed by atoms with Gasteiger partial charge in [0.2, 0.25) is 0 Å². The molecule has 0 aliphatic carbocycles. The van der Waals surface area contributed by atoms with Crippen LogP contribution in [0.5, 0.6) is 0 Å². The summed E-state index contributed by atoms with van der Waals surface area (Å²) >= 11 is 0. The van der Waals surface area contributed by atoms with E-state index in [-0.39, 0.29) is 0 Å². The fraction of sp³-hybridized carbons (Fsp3) is 0.714. The average molecular weight is 236 g/mol. The molecular formula is C14H24N2O. The summed E-state index contributed by atoms with van der Waals surface area (Å²) in [5.74, 6) is 1.91. The van der Waals surface area contributed by atoms with E-state index in [1.165, 1.54) is 25.9 Å². The van der Waals surface area contributed by atoms with Crippen LogP contribution in [-0.2, 0) is 6.54 Å². The zero-order valence-corrected chi connectivity index (χ0v) is 11.0. The highest BCUT2D eigenvalue weighted by molar-refractivity contribution is 4.98. The highest BCUT2D eigenvalue weighted by Crippen LogP contribution is 2.18. The summed E-state index contributed by atoms with van der Waals surface area (Å²) < 4.78 is 5.42. The Labute approximate surface area is 104 Å². The van der Waals surface area contributed by atoms with Crippen LogP contribution in [-0.4, -0.2) is 30.6 Å². The van der Waals surface area contributed by atoms with Crippen molar-refractivity contribution in [3.05, 3.63) is 24.2 Å². The van der Waals surface area contributed by atoms with Gasteiger partial charge in [0.05, 0.1) is 12.8 Å². The lowest BCUT2D eigenvalue weighted by molar-refractivity contribution is 0.182. The number of furan rings is 1. The summed E-state index contributed by atoms with van der Waals surface area (Å²) in [6, 6.07) is 4.71. The second kappa shape index (κ2) is 6.22. The Bertz CT molecular complexity index is 310. The smallest absolute Gasteiger partial charge is 0.117 e.